The van der Waals surface area contributed by atoms with Crippen molar-refractivity contribution in [1.29, 1.82) is 0 Å². The van der Waals surface area contributed by atoms with Crippen LogP contribution in [0.1, 0.15) is 12.0 Å². The topological polar surface area (TPSA) is 30.5 Å². The van der Waals surface area contributed by atoms with Crippen molar-refractivity contribution in [3.63, 3.8) is 0 Å². The minimum atomic E-state index is 0.709. The summed E-state index contributed by atoms with van der Waals surface area (Å²) in [5, 5.41) is 3.41. The largest absolute Gasteiger partial charge is 0.490 e. The summed E-state index contributed by atoms with van der Waals surface area (Å²) in [6.07, 6.45) is 0.925. The number of anilines is 1. The lowest BCUT2D eigenvalue weighted by Crippen LogP contribution is -2.01. The van der Waals surface area contributed by atoms with Crippen LogP contribution in [-0.4, -0.2) is 13.2 Å². The van der Waals surface area contributed by atoms with E-state index < -0.39 is 0 Å². The Labute approximate surface area is 127 Å². The van der Waals surface area contributed by atoms with Crippen molar-refractivity contribution in [2.45, 2.75) is 13.0 Å². The summed E-state index contributed by atoms with van der Waals surface area (Å²) in [6.45, 7) is 2.19. The third-order valence-electron chi connectivity index (χ3n) is 3.19. The first-order chi connectivity index (χ1) is 9.83. The van der Waals surface area contributed by atoms with E-state index in [-0.39, 0.29) is 0 Å². The molecule has 1 N–H and O–H groups in total. The van der Waals surface area contributed by atoms with Crippen molar-refractivity contribution in [3.8, 4) is 11.5 Å². The predicted molar refractivity (Wildman–Crippen MR) is 83.5 cm³/mol. The highest BCUT2D eigenvalue weighted by Gasteiger charge is 2.10. The Kier molecular flexibility index (Phi) is 4.11. The highest BCUT2D eigenvalue weighted by Crippen LogP contribution is 2.32. The van der Waals surface area contributed by atoms with Crippen molar-refractivity contribution in [3.05, 3.63) is 52.5 Å². The molecule has 1 aliphatic rings. The van der Waals surface area contributed by atoms with E-state index in [9.17, 15) is 0 Å². The normalized spacial score (nSPS) is 13.7. The lowest BCUT2D eigenvalue weighted by Gasteiger charge is -2.11. The lowest BCUT2D eigenvalue weighted by molar-refractivity contribution is 0.297. The molecule has 3 nitrogen and oxygen atoms in total. The maximum absolute atomic E-state index is 5.69. The molecular weight excluding hydrogens is 318 g/mol. The monoisotopic (exact) mass is 333 g/mol. The van der Waals surface area contributed by atoms with Gasteiger partial charge < -0.3 is 14.8 Å². The van der Waals surface area contributed by atoms with Crippen LogP contribution in [0, 0.1) is 0 Å². The van der Waals surface area contributed by atoms with Crippen LogP contribution < -0.4 is 14.8 Å². The molecule has 1 aliphatic heterocycles. The molecule has 1 heterocycles. The fraction of sp³-hybridized carbons (Fsp3) is 0.250. The minimum Gasteiger partial charge on any atom is -0.490 e. The molecule has 0 unspecified atom stereocenters. The second-order valence-corrected chi connectivity index (χ2v) is 5.51. The second-order valence-electron chi connectivity index (χ2n) is 4.66. The Morgan fingerprint density at radius 1 is 1.00 bits per heavy atom. The van der Waals surface area contributed by atoms with Crippen LogP contribution in [0.4, 0.5) is 5.69 Å². The zero-order valence-electron chi connectivity index (χ0n) is 11.1. The van der Waals surface area contributed by atoms with Gasteiger partial charge in [0, 0.05) is 29.2 Å². The van der Waals surface area contributed by atoms with Crippen LogP contribution in [0.2, 0.25) is 0 Å². The van der Waals surface area contributed by atoms with E-state index in [0.717, 1.165) is 41.2 Å². The molecule has 4 heteroatoms. The van der Waals surface area contributed by atoms with Gasteiger partial charge in [-0.3, -0.25) is 0 Å². The van der Waals surface area contributed by atoms with Crippen LogP contribution >= 0.6 is 15.9 Å². The highest BCUT2D eigenvalue weighted by molar-refractivity contribution is 9.10. The maximum Gasteiger partial charge on any atom is 0.163 e. The molecule has 0 saturated carbocycles. The van der Waals surface area contributed by atoms with Crippen molar-refractivity contribution < 1.29 is 9.47 Å². The average Bonchev–Trinajstić information content (AvgIpc) is 2.71. The van der Waals surface area contributed by atoms with E-state index in [1.54, 1.807) is 0 Å². The number of fused-ring (bicyclic) bond motifs is 1. The summed E-state index contributed by atoms with van der Waals surface area (Å²) in [7, 11) is 0. The Morgan fingerprint density at radius 3 is 2.65 bits per heavy atom. The van der Waals surface area contributed by atoms with Gasteiger partial charge in [-0.25, -0.2) is 0 Å². The molecule has 0 atom stereocenters. The summed E-state index contributed by atoms with van der Waals surface area (Å²) < 4.78 is 12.4. The molecule has 104 valence electrons. The smallest absolute Gasteiger partial charge is 0.163 e. The molecule has 0 bridgehead atoms. The van der Waals surface area contributed by atoms with Gasteiger partial charge in [-0.1, -0.05) is 34.1 Å². The molecule has 0 amide bonds. The van der Waals surface area contributed by atoms with Crippen molar-refractivity contribution in [1.82, 2.24) is 0 Å². The van der Waals surface area contributed by atoms with E-state index in [1.807, 2.05) is 36.4 Å². The van der Waals surface area contributed by atoms with E-state index >= 15 is 0 Å². The first kappa shape index (κ1) is 13.3. The highest BCUT2D eigenvalue weighted by atomic mass is 79.9. The van der Waals surface area contributed by atoms with Gasteiger partial charge >= 0.3 is 0 Å². The molecule has 20 heavy (non-hydrogen) atoms. The molecule has 0 radical (unpaired) electrons. The Bertz CT molecular complexity index is 601. The van der Waals surface area contributed by atoms with Crippen LogP contribution in [0.3, 0.4) is 0 Å². The molecule has 2 aromatic rings. The molecule has 3 rings (SSSR count). The van der Waals surface area contributed by atoms with Crippen molar-refractivity contribution >= 4 is 21.6 Å². The zero-order valence-corrected chi connectivity index (χ0v) is 12.7. The van der Waals surface area contributed by atoms with Gasteiger partial charge in [-0.15, -0.1) is 0 Å². The summed E-state index contributed by atoms with van der Waals surface area (Å²) >= 11 is 3.56. The number of hydrogen-bond acceptors (Lipinski definition) is 3. The molecule has 2 aromatic carbocycles. The predicted octanol–water partition coefficient (Wildman–Crippen LogP) is 4.22. The number of halogens is 1. The summed E-state index contributed by atoms with van der Waals surface area (Å²) in [4.78, 5) is 0. The van der Waals surface area contributed by atoms with Crippen LogP contribution in [-0.2, 0) is 6.54 Å². The third kappa shape index (κ3) is 3.07. The molecular formula is C16H16BrNO2. The third-order valence-corrected chi connectivity index (χ3v) is 3.96. The first-order valence-electron chi connectivity index (χ1n) is 6.70. The van der Waals surface area contributed by atoms with E-state index in [2.05, 4.69) is 27.3 Å². The van der Waals surface area contributed by atoms with Gasteiger partial charge in [0.25, 0.3) is 0 Å². The van der Waals surface area contributed by atoms with E-state index in [0.29, 0.717) is 6.61 Å². The number of ether oxygens (including phenoxy) is 2. The average molecular weight is 334 g/mol. The number of benzene rings is 2. The van der Waals surface area contributed by atoms with Crippen molar-refractivity contribution in [2.24, 2.45) is 0 Å². The Morgan fingerprint density at radius 2 is 1.80 bits per heavy atom. The van der Waals surface area contributed by atoms with Gasteiger partial charge in [-0.05, 0) is 23.8 Å². The molecule has 0 aliphatic carbocycles. The Balaban J connectivity index is 1.72. The fourth-order valence-electron chi connectivity index (χ4n) is 2.11. The molecule has 0 aromatic heterocycles. The summed E-state index contributed by atoms with van der Waals surface area (Å²) in [6, 6.07) is 14.2. The van der Waals surface area contributed by atoms with Crippen LogP contribution in [0.5, 0.6) is 11.5 Å². The zero-order chi connectivity index (χ0) is 13.8. The van der Waals surface area contributed by atoms with Gasteiger partial charge in [0.1, 0.15) is 0 Å². The van der Waals surface area contributed by atoms with E-state index in [1.165, 1.54) is 5.56 Å². The number of rotatable bonds is 3. The second kappa shape index (κ2) is 6.18. The maximum atomic E-state index is 5.69. The van der Waals surface area contributed by atoms with Crippen molar-refractivity contribution in [2.75, 3.05) is 18.5 Å². The summed E-state index contributed by atoms with van der Waals surface area (Å²) in [5.74, 6) is 1.65. The lowest BCUT2D eigenvalue weighted by atomic mass is 10.2. The van der Waals surface area contributed by atoms with Gasteiger partial charge in [0.05, 0.1) is 13.2 Å². The minimum absolute atomic E-state index is 0.709. The SMILES string of the molecule is Brc1ccccc1CNc1ccc2c(c1)OCCCO2. The quantitative estimate of drug-likeness (QED) is 0.912. The molecule has 0 fully saturated rings. The number of nitrogens with one attached hydrogen (secondary N) is 1. The number of hydrogen-bond donors (Lipinski definition) is 1. The van der Waals surface area contributed by atoms with Gasteiger partial charge in [-0.2, -0.15) is 0 Å². The standard InChI is InChI=1S/C16H16BrNO2/c17-14-5-2-1-4-12(14)11-18-13-6-7-15-16(10-13)20-9-3-8-19-15/h1-2,4-7,10,18H,3,8-9,11H2. The molecule has 0 spiro atoms. The van der Waals surface area contributed by atoms with E-state index in [4.69, 9.17) is 9.47 Å². The fourth-order valence-corrected chi connectivity index (χ4v) is 2.54. The first-order valence-corrected chi connectivity index (χ1v) is 7.49. The Hall–Kier alpha value is -1.68. The van der Waals surface area contributed by atoms with Crippen LogP contribution in [0.25, 0.3) is 0 Å². The summed E-state index contributed by atoms with van der Waals surface area (Å²) in [5.41, 5.74) is 2.25. The van der Waals surface area contributed by atoms with Gasteiger partial charge in [0.2, 0.25) is 0 Å². The van der Waals surface area contributed by atoms with Crippen LogP contribution in [0.15, 0.2) is 46.9 Å². The van der Waals surface area contributed by atoms with Gasteiger partial charge in [0.15, 0.2) is 11.5 Å². The molecule has 0 saturated heterocycles.